The zero-order valence-corrected chi connectivity index (χ0v) is 17.6. The normalized spacial score (nSPS) is 16.2. The van der Waals surface area contributed by atoms with E-state index in [0.29, 0.717) is 27.1 Å². The lowest BCUT2D eigenvalue weighted by Crippen LogP contribution is -2.41. The fraction of sp³-hybridized carbons (Fsp3) is 0.471. The molecule has 1 aromatic rings. The number of halogens is 4. The lowest BCUT2D eigenvalue weighted by atomic mass is 10.2. The van der Waals surface area contributed by atoms with E-state index in [-0.39, 0.29) is 18.0 Å². The molecule has 2 rings (SSSR count). The molecular formula is C17H20F3IN2O3S. The van der Waals surface area contributed by atoms with E-state index in [1.54, 1.807) is 13.0 Å². The fourth-order valence-electron chi connectivity index (χ4n) is 2.78. The monoisotopic (exact) mass is 516 g/mol. The van der Waals surface area contributed by atoms with Crippen molar-refractivity contribution in [1.82, 2.24) is 4.31 Å². The minimum absolute atomic E-state index is 0.0957. The fourth-order valence-corrected chi connectivity index (χ4v) is 5.25. The highest BCUT2D eigenvalue weighted by atomic mass is 127. The van der Waals surface area contributed by atoms with Crippen molar-refractivity contribution in [3.8, 4) is 0 Å². The van der Waals surface area contributed by atoms with Crippen molar-refractivity contribution in [2.75, 3.05) is 24.5 Å². The summed E-state index contributed by atoms with van der Waals surface area (Å²) in [7, 11) is -3.46. The Morgan fingerprint density at radius 3 is 2.44 bits per heavy atom. The third-order valence-corrected chi connectivity index (χ3v) is 6.84. The van der Waals surface area contributed by atoms with Gasteiger partial charge in [-0.25, -0.2) is 12.7 Å². The highest BCUT2D eigenvalue weighted by Gasteiger charge is 2.43. The maximum Gasteiger partial charge on any atom is 0.471 e. The molecule has 0 N–H and O–H groups in total. The lowest BCUT2D eigenvalue weighted by Gasteiger charge is -2.24. The van der Waals surface area contributed by atoms with Crippen molar-refractivity contribution in [1.29, 1.82) is 0 Å². The van der Waals surface area contributed by atoms with Gasteiger partial charge in [0.2, 0.25) is 10.0 Å². The van der Waals surface area contributed by atoms with Crippen LogP contribution >= 0.6 is 22.6 Å². The Bertz CT molecular complexity index is 819. The van der Waals surface area contributed by atoms with E-state index in [0.717, 1.165) is 12.8 Å². The maximum atomic E-state index is 12.9. The molecule has 0 atom stereocenters. The van der Waals surface area contributed by atoms with Gasteiger partial charge in [-0.05, 0) is 60.1 Å². The van der Waals surface area contributed by atoms with Gasteiger partial charge in [0.05, 0.1) is 11.4 Å². The van der Waals surface area contributed by atoms with Gasteiger partial charge in [-0.2, -0.15) is 13.2 Å². The Morgan fingerprint density at radius 1 is 1.30 bits per heavy atom. The summed E-state index contributed by atoms with van der Waals surface area (Å²) in [6.45, 7) is 2.41. The van der Waals surface area contributed by atoms with Gasteiger partial charge in [0.25, 0.3) is 0 Å². The van der Waals surface area contributed by atoms with Crippen molar-refractivity contribution in [2.24, 2.45) is 0 Å². The topological polar surface area (TPSA) is 57.7 Å². The van der Waals surface area contributed by atoms with Crippen LogP contribution in [0.5, 0.6) is 0 Å². The number of hydrogen-bond donors (Lipinski definition) is 0. The first kappa shape index (κ1) is 22.2. The Hall–Kier alpha value is -1.14. The van der Waals surface area contributed by atoms with Crippen LogP contribution in [-0.2, 0) is 20.6 Å². The molecule has 0 aromatic heterocycles. The highest BCUT2D eigenvalue weighted by molar-refractivity contribution is 14.1. The number of allylic oxidation sites excluding steroid dienone is 1. The molecule has 1 aliphatic rings. The summed E-state index contributed by atoms with van der Waals surface area (Å²) in [4.78, 5) is 12.4. The molecule has 0 saturated carbocycles. The quantitative estimate of drug-likeness (QED) is 0.428. The van der Waals surface area contributed by atoms with Gasteiger partial charge in [0.15, 0.2) is 0 Å². The molecule has 0 radical (unpaired) electrons. The second-order valence-electron chi connectivity index (χ2n) is 6.13. The zero-order chi connectivity index (χ0) is 20.2. The van der Waals surface area contributed by atoms with E-state index in [9.17, 15) is 26.4 Å². The average molecular weight is 516 g/mol. The van der Waals surface area contributed by atoms with Crippen molar-refractivity contribution in [3.63, 3.8) is 0 Å². The molecule has 1 aliphatic heterocycles. The van der Waals surface area contributed by atoms with E-state index in [4.69, 9.17) is 0 Å². The Morgan fingerprint density at radius 2 is 1.93 bits per heavy atom. The molecule has 0 spiro atoms. The van der Waals surface area contributed by atoms with Crippen LogP contribution in [0.1, 0.15) is 25.3 Å². The van der Waals surface area contributed by atoms with Crippen LogP contribution in [0.3, 0.4) is 0 Å². The first-order valence-corrected chi connectivity index (χ1v) is 11.0. The number of rotatable bonds is 6. The Kier molecular flexibility index (Phi) is 7.31. The molecule has 1 amide bonds. The number of sulfonamides is 1. The van der Waals surface area contributed by atoms with Gasteiger partial charge in [0.1, 0.15) is 0 Å². The zero-order valence-electron chi connectivity index (χ0n) is 14.7. The largest absolute Gasteiger partial charge is 0.471 e. The van der Waals surface area contributed by atoms with Crippen LogP contribution in [0, 0.1) is 3.57 Å². The first-order valence-electron chi connectivity index (χ1n) is 8.32. The van der Waals surface area contributed by atoms with E-state index in [2.05, 4.69) is 0 Å². The number of benzene rings is 1. The van der Waals surface area contributed by atoms with Crippen molar-refractivity contribution in [3.05, 3.63) is 39.5 Å². The van der Waals surface area contributed by atoms with E-state index >= 15 is 0 Å². The molecule has 0 bridgehead atoms. The number of nitrogens with zero attached hydrogens (tertiary/aromatic N) is 2. The molecule has 150 valence electrons. The van der Waals surface area contributed by atoms with Crippen LogP contribution in [0.2, 0.25) is 0 Å². The Balaban J connectivity index is 2.28. The lowest BCUT2D eigenvalue weighted by molar-refractivity contribution is -0.170. The van der Waals surface area contributed by atoms with Gasteiger partial charge in [-0.1, -0.05) is 18.2 Å². The molecule has 1 saturated heterocycles. The maximum absolute atomic E-state index is 12.9. The van der Waals surface area contributed by atoms with Crippen LogP contribution in [0.15, 0.2) is 30.4 Å². The summed E-state index contributed by atoms with van der Waals surface area (Å²) < 4.78 is 65.4. The molecular weight excluding hydrogens is 496 g/mol. The van der Waals surface area contributed by atoms with E-state index in [1.807, 2.05) is 22.6 Å². The predicted molar refractivity (Wildman–Crippen MR) is 106 cm³/mol. The van der Waals surface area contributed by atoms with E-state index < -0.39 is 22.1 Å². The van der Waals surface area contributed by atoms with Crippen LogP contribution in [0.4, 0.5) is 18.9 Å². The summed E-state index contributed by atoms with van der Waals surface area (Å²) in [5, 5.41) is 0. The predicted octanol–water partition coefficient (Wildman–Crippen LogP) is 3.69. The van der Waals surface area contributed by atoms with Gasteiger partial charge >= 0.3 is 12.1 Å². The third kappa shape index (κ3) is 5.67. The second-order valence-corrected chi connectivity index (χ2v) is 9.26. The van der Waals surface area contributed by atoms with Crippen LogP contribution < -0.4 is 4.90 Å². The number of hydrogen-bond acceptors (Lipinski definition) is 3. The van der Waals surface area contributed by atoms with Gasteiger partial charge in [-0.3, -0.25) is 9.69 Å². The van der Waals surface area contributed by atoms with E-state index in [1.165, 1.54) is 28.6 Å². The summed E-state index contributed by atoms with van der Waals surface area (Å²) in [5.74, 6) is -2.18. The first-order chi connectivity index (χ1) is 12.6. The molecule has 1 fully saturated rings. The number of carbonyl (C=O) groups is 1. The average Bonchev–Trinajstić information content (AvgIpc) is 3.10. The molecule has 5 nitrogen and oxygen atoms in total. The third-order valence-electron chi connectivity index (χ3n) is 4.12. The minimum atomic E-state index is -5.00. The summed E-state index contributed by atoms with van der Waals surface area (Å²) in [6, 6.07) is 4.33. The standard InChI is InChI=1S/C17H20F3IN2O3S/c1-2-3-10-23(16(24)17(18,19)20)15-7-6-13(11-14(15)21)12-27(25,26)22-8-4-5-9-22/h2-3,6-7,11H,4-5,8-10,12H2,1H3/b3-2+. The summed E-state index contributed by atoms with van der Waals surface area (Å²) in [6.07, 6.45) is -0.335. The number of amides is 1. The molecule has 27 heavy (non-hydrogen) atoms. The molecule has 0 unspecified atom stereocenters. The van der Waals surface area contributed by atoms with Gasteiger partial charge < -0.3 is 0 Å². The number of carbonyl (C=O) groups excluding carboxylic acids is 1. The van der Waals surface area contributed by atoms with Gasteiger partial charge in [-0.15, -0.1) is 0 Å². The van der Waals surface area contributed by atoms with Crippen LogP contribution in [0.25, 0.3) is 0 Å². The van der Waals surface area contributed by atoms with Crippen molar-refractivity contribution >= 4 is 44.2 Å². The molecule has 10 heteroatoms. The summed E-state index contributed by atoms with van der Waals surface area (Å²) in [5.41, 5.74) is 0.568. The SMILES string of the molecule is C/C=C/CN(C(=O)C(F)(F)F)c1ccc(CS(=O)(=O)N2CCCC2)cc1I. The van der Waals surface area contributed by atoms with Gasteiger partial charge in [0, 0.05) is 23.2 Å². The second kappa shape index (κ2) is 8.91. The van der Waals surface area contributed by atoms with Crippen LogP contribution in [-0.4, -0.2) is 44.4 Å². The molecule has 0 aliphatic carbocycles. The molecule has 1 heterocycles. The number of alkyl halides is 3. The molecule has 1 aromatic carbocycles. The van der Waals surface area contributed by atoms with Crippen molar-refractivity contribution in [2.45, 2.75) is 31.7 Å². The highest BCUT2D eigenvalue weighted by Crippen LogP contribution is 2.29. The Labute approximate surface area is 170 Å². The van der Waals surface area contributed by atoms with Crippen molar-refractivity contribution < 1.29 is 26.4 Å². The summed E-state index contributed by atoms with van der Waals surface area (Å²) >= 11 is 1.82. The minimum Gasteiger partial charge on any atom is -0.300 e. The smallest absolute Gasteiger partial charge is 0.300 e. The number of anilines is 1.